The molecule has 2 N–H and O–H groups in total. The molecule has 1 heterocycles. The fourth-order valence-electron chi connectivity index (χ4n) is 1.62. The molecule has 0 unspecified atom stereocenters. The minimum Gasteiger partial charge on any atom is -0.344 e. The molecule has 1 saturated heterocycles. The van der Waals surface area contributed by atoms with Gasteiger partial charge in [0.25, 0.3) is 0 Å². The maximum absolute atomic E-state index is 11.8. The summed E-state index contributed by atoms with van der Waals surface area (Å²) in [7, 11) is 0. The van der Waals surface area contributed by atoms with Crippen molar-refractivity contribution in [2.75, 3.05) is 5.32 Å². The largest absolute Gasteiger partial charge is 0.344 e. The van der Waals surface area contributed by atoms with Gasteiger partial charge in [-0.2, -0.15) is 0 Å². The molecule has 1 aromatic rings. The zero-order valence-electron chi connectivity index (χ0n) is 8.80. The Bertz CT molecular complexity index is 477. The van der Waals surface area contributed by atoms with Crippen molar-refractivity contribution in [3.63, 3.8) is 0 Å². The number of rotatable bonds is 2. The Labute approximate surface area is 108 Å². The van der Waals surface area contributed by atoms with Crippen LogP contribution in [0.5, 0.6) is 0 Å². The normalized spacial score (nSPS) is 18.9. The third-order valence-corrected chi connectivity index (χ3v) is 3.05. The number of carbonyl (C=O) groups is 2. The van der Waals surface area contributed by atoms with Crippen molar-refractivity contribution in [3.05, 3.63) is 28.2 Å². The zero-order chi connectivity index (χ0) is 12.4. The van der Waals surface area contributed by atoms with E-state index >= 15 is 0 Å². The molecule has 0 aliphatic carbocycles. The molecule has 0 spiro atoms. The van der Waals surface area contributed by atoms with Gasteiger partial charge in [-0.25, -0.2) is 0 Å². The molecule has 1 fully saturated rings. The van der Waals surface area contributed by atoms with Crippen LogP contribution in [0.25, 0.3) is 0 Å². The third-order valence-electron chi connectivity index (χ3n) is 2.50. The first kappa shape index (κ1) is 12.2. The Kier molecular flexibility index (Phi) is 3.54. The van der Waals surface area contributed by atoms with Gasteiger partial charge in [0.2, 0.25) is 11.8 Å². The van der Waals surface area contributed by atoms with Gasteiger partial charge >= 0.3 is 0 Å². The summed E-state index contributed by atoms with van der Waals surface area (Å²) in [6.07, 6.45) is 0.891. The van der Waals surface area contributed by atoms with Gasteiger partial charge in [0, 0.05) is 11.4 Å². The van der Waals surface area contributed by atoms with E-state index < -0.39 is 6.04 Å². The Morgan fingerprint density at radius 3 is 2.76 bits per heavy atom. The average Bonchev–Trinajstić information content (AvgIpc) is 2.69. The SMILES string of the molecule is O=C1CC[C@H](C(=O)Nc2ccc(Cl)cc2Cl)N1. The topological polar surface area (TPSA) is 58.2 Å². The third kappa shape index (κ3) is 2.90. The lowest BCUT2D eigenvalue weighted by Gasteiger charge is -2.12. The van der Waals surface area contributed by atoms with E-state index in [4.69, 9.17) is 23.2 Å². The van der Waals surface area contributed by atoms with Crippen LogP contribution in [0.4, 0.5) is 5.69 Å². The second-order valence-electron chi connectivity index (χ2n) is 3.77. The van der Waals surface area contributed by atoms with Crippen molar-refractivity contribution in [1.29, 1.82) is 0 Å². The molecular formula is C11H10Cl2N2O2. The molecule has 6 heteroatoms. The molecule has 0 aromatic heterocycles. The summed E-state index contributed by atoms with van der Waals surface area (Å²) in [6, 6.07) is 4.33. The molecule has 1 atom stereocenters. The summed E-state index contributed by atoms with van der Waals surface area (Å²) in [5.41, 5.74) is 0.488. The summed E-state index contributed by atoms with van der Waals surface area (Å²) < 4.78 is 0. The summed E-state index contributed by atoms with van der Waals surface area (Å²) in [4.78, 5) is 22.8. The van der Waals surface area contributed by atoms with Gasteiger partial charge < -0.3 is 10.6 Å². The highest BCUT2D eigenvalue weighted by molar-refractivity contribution is 6.36. The van der Waals surface area contributed by atoms with Crippen molar-refractivity contribution in [1.82, 2.24) is 5.32 Å². The van der Waals surface area contributed by atoms with Crippen LogP contribution in [0.1, 0.15) is 12.8 Å². The van der Waals surface area contributed by atoms with E-state index in [-0.39, 0.29) is 11.8 Å². The van der Waals surface area contributed by atoms with E-state index in [9.17, 15) is 9.59 Å². The first-order valence-electron chi connectivity index (χ1n) is 5.11. The van der Waals surface area contributed by atoms with Gasteiger partial charge in [0.15, 0.2) is 0 Å². The van der Waals surface area contributed by atoms with Crippen LogP contribution in [0.15, 0.2) is 18.2 Å². The predicted octanol–water partition coefficient (Wildman–Crippen LogP) is 2.21. The number of hydrogen-bond donors (Lipinski definition) is 2. The number of halogens is 2. The fourth-order valence-corrected chi connectivity index (χ4v) is 2.08. The van der Waals surface area contributed by atoms with Crippen LogP contribution in [0.3, 0.4) is 0 Å². The summed E-state index contributed by atoms with van der Waals surface area (Å²) >= 11 is 11.7. The Hall–Kier alpha value is -1.26. The highest BCUT2D eigenvalue weighted by atomic mass is 35.5. The average molecular weight is 273 g/mol. The van der Waals surface area contributed by atoms with Crippen LogP contribution >= 0.6 is 23.2 Å². The van der Waals surface area contributed by atoms with Gasteiger partial charge in [0.1, 0.15) is 6.04 Å². The quantitative estimate of drug-likeness (QED) is 0.867. The lowest BCUT2D eigenvalue weighted by molar-refractivity contribution is -0.122. The van der Waals surface area contributed by atoms with E-state index in [0.717, 1.165) is 0 Å². The number of hydrogen-bond acceptors (Lipinski definition) is 2. The van der Waals surface area contributed by atoms with Crippen LogP contribution in [0.2, 0.25) is 10.0 Å². The Morgan fingerprint density at radius 1 is 1.41 bits per heavy atom. The van der Waals surface area contributed by atoms with Crippen molar-refractivity contribution in [2.24, 2.45) is 0 Å². The molecule has 0 saturated carbocycles. The first-order valence-corrected chi connectivity index (χ1v) is 5.87. The van der Waals surface area contributed by atoms with Crippen LogP contribution in [-0.4, -0.2) is 17.9 Å². The molecule has 17 heavy (non-hydrogen) atoms. The van der Waals surface area contributed by atoms with E-state index in [0.29, 0.717) is 28.6 Å². The molecule has 0 bridgehead atoms. The van der Waals surface area contributed by atoms with Crippen LogP contribution < -0.4 is 10.6 Å². The van der Waals surface area contributed by atoms with E-state index in [1.165, 1.54) is 0 Å². The van der Waals surface area contributed by atoms with Gasteiger partial charge in [-0.3, -0.25) is 9.59 Å². The highest BCUT2D eigenvalue weighted by Crippen LogP contribution is 2.25. The number of amides is 2. The standard InChI is InChI=1S/C11H10Cl2N2O2/c12-6-1-2-8(7(13)5-6)15-11(17)9-3-4-10(16)14-9/h1-2,5,9H,3-4H2,(H,14,16)(H,15,17)/t9-/m1/s1. The molecule has 1 aliphatic rings. The maximum Gasteiger partial charge on any atom is 0.247 e. The Morgan fingerprint density at radius 2 is 2.18 bits per heavy atom. The monoisotopic (exact) mass is 272 g/mol. The number of anilines is 1. The molecule has 2 amide bonds. The molecular weight excluding hydrogens is 263 g/mol. The fraction of sp³-hybridized carbons (Fsp3) is 0.273. The van der Waals surface area contributed by atoms with Gasteiger partial charge in [-0.1, -0.05) is 23.2 Å². The molecule has 1 aliphatic heterocycles. The molecule has 4 nitrogen and oxygen atoms in total. The molecule has 1 aromatic carbocycles. The Balaban J connectivity index is 2.05. The van der Waals surface area contributed by atoms with E-state index in [1.54, 1.807) is 18.2 Å². The lowest BCUT2D eigenvalue weighted by Crippen LogP contribution is -2.37. The van der Waals surface area contributed by atoms with Gasteiger partial charge in [0.05, 0.1) is 10.7 Å². The van der Waals surface area contributed by atoms with Gasteiger partial charge in [-0.15, -0.1) is 0 Å². The minimum atomic E-state index is -0.478. The smallest absolute Gasteiger partial charge is 0.247 e. The summed E-state index contributed by atoms with van der Waals surface area (Å²) in [5.74, 6) is -0.368. The molecule has 90 valence electrons. The van der Waals surface area contributed by atoms with Gasteiger partial charge in [-0.05, 0) is 24.6 Å². The van der Waals surface area contributed by atoms with Crippen LogP contribution in [0, 0.1) is 0 Å². The number of nitrogens with one attached hydrogen (secondary N) is 2. The van der Waals surface area contributed by atoms with E-state index in [1.807, 2.05) is 0 Å². The second-order valence-corrected chi connectivity index (χ2v) is 4.62. The van der Waals surface area contributed by atoms with Crippen molar-refractivity contribution in [2.45, 2.75) is 18.9 Å². The highest BCUT2D eigenvalue weighted by Gasteiger charge is 2.27. The first-order chi connectivity index (χ1) is 8.06. The molecule has 0 radical (unpaired) electrons. The maximum atomic E-state index is 11.8. The van der Waals surface area contributed by atoms with Crippen molar-refractivity contribution < 1.29 is 9.59 Å². The number of benzene rings is 1. The molecule has 2 rings (SSSR count). The van der Waals surface area contributed by atoms with Crippen molar-refractivity contribution in [3.8, 4) is 0 Å². The van der Waals surface area contributed by atoms with Crippen LogP contribution in [-0.2, 0) is 9.59 Å². The summed E-state index contributed by atoms with van der Waals surface area (Å²) in [6.45, 7) is 0. The second kappa shape index (κ2) is 4.94. The number of carbonyl (C=O) groups excluding carboxylic acids is 2. The summed E-state index contributed by atoms with van der Waals surface area (Å²) in [5, 5.41) is 6.11. The zero-order valence-corrected chi connectivity index (χ0v) is 10.3. The van der Waals surface area contributed by atoms with E-state index in [2.05, 4.69) is 10.6 Å². The predicted molar refractivity (Wildman–Crippen MR) is 66.3 cm³/mol. The minimum absolute atomic E-state index is 0.104. The lowest BCUT2D eigenvalue weighted by atomic mass is 10.2. The van der Waals surface area contributed by atoms with Crippen molar-refractivity contribution >= 4 is 40.7 Å².